The average molecular weight is 210 g/mol. The van der Waals surface area contributed by atoms with Crippen molar-refractivity contribution in [1.29, 1.82) is 0 Å². The number of aryl methyl sites for hydroxylation is 1. The fourth-order valence-electron chi connectivity index (χ4n) is 0.910. The van der Waals surface area contributed by atoms with Gasteiger partial charge in [0, 0.05) is 10.0 Å². The van der Waals surface area contributed by atoms with Crippen molar-refractivity contribution in [3.63, 3.8) is 0 Å². The molecule has 1 rings (SSSR count). The fraction of sp³-hybridized carbons (Fsp3) is 0.222. The van der Waals surface area contributed by atoms with Crippen LogP contribution in [0.15, 0.2) is 22.7 Å². The number of hydrogen-bond acceptors (Lipinski definition) is 0. The molecule has 1 nitrogen and oxygen atoms in total. The Morgan fingerprint density at radius 2 is 2.27 bits per heavy atom. The van der Waals surface area contributed by atoms with Crippen molar-refractivity contribution in [2.24, 2.45) is 0 Å². The van der Waals surface area contributed by atoms with Gasteiger partial charge in [0.15, 0.2) is 0 Å². The van der Waals surface area contributed by atoms with E-state index in [-0.39, 0.29) is 0 Å². The van der Waals surface area contributed by atoms with Crippen molar-refractivity contribution in [3.8, 4) is 0 Å². The summed E-state index contributed by atoms with van der Waals surface area (Å²) >= 11 is 3.39. The van der Waals surface area contributed by atoms with Crippen molar-refractivity contribution in [2.75, 3.05) is 0 Å². The highest BCUT2D eigenvalue weighted by Gasteiger charge is 2.00. The lowest BCUT2D eigenvalue weighted by Crippen LogP contribution is -1.82. The standard InChI is InChI=1S/C9H8BrN/c1-7-3-4-9(10)8(5-7)6-11-2/h3-5H,6H2,1H3. The molecule has 0 saturated carbocycles. The summed E-state index contributed by atoms with van der Waals surface area (Å²) < 4.78 is 1.03. The third-order valence-corrected chi connectivity index (χ3v) is 2.22. The van der Waals surface area contributed by atoms with Gasteiger partial charge in [-0.2, -0.15) is 0 Å². The first-order valence-corrected chi connectivity index (χ1v) is 4.11. The van der Waals surface area contributed by atoms with Gasteiger partial charge in [-0.3, -0.25) is 0 Å². The third kappa shape index (κ3) is 2.06. The van der Waals surface area contributed by atoms with Crippen molar-refractivity contribution >= 4 is 15.9 Å². The molecule has 0 amide bonds. The van der Waals surface area contributed by atoms with Gasteiger partial charge < -0.3 is 4.85 Å². The van der Waals surface area contributed by atoms with E-state index in [0.29, 0.717) is 6.54 Å². The molecule has 0 fully saturated rings. The molecule has 11 heavy (non-hydrogen) atoms. The van der Waals surface area contributed by atoms with Crippen LogP contribution in [0.25, 0.3) is 4.85 Å². The van der Waals surface area contributed by atoms with Gasteiger partial charge in [-0.25, -0.2) is 6.57 Å². The molecule has 0 atom stereocenters. The molecule has 0 N–H and O–H groups in total. The molecule has 56 valence electrons. The highest BCUT2D eigenvalue weighted by Crippen LogP contribution is 2.18. The van der Waals surface area contributed by atoms with Gasteiger partial charge in [0.05, 0.1) is 0 Å². The van der Waals surface area contributed by atoms with E-state index in [1.165, 1.54) is 5.56 Å². The minimum Gasteiger partial charge on any atom is -0.312 e. The maximum absolute atomic E-state index is 6.71. The largest absolute Gasteiger partial charge is 0.312 e. The zero-order valence-electron chi connectivity index (χ0n) is 6.26. The van der Waals surface area contributed by atoms with E-state index in [1.54, 1.807) is 0 Å². The topological polar surface area (TPSA) is 4.36 Å². The average Bonchev–Trinajstić information content (AvgIpc) is 1.98. The molecular weight excluding hydrogens is 202 g/mol. The lowest BCUT2D eigenvalue weighted by atomic mass is 10.1. The molecule has 0 aliphatic carbocycles. The molecular formula is C9H8BrN. The minimum absolute atomic E-state index is 0.461. The van der Waals surface area contributed by atoms with Gasteiger partial charge in [-0.15, -0.1) is 0 Å². The van der Waals surface area contributed by atoms with E-state index >= 15 is 0 Å². The highest BCUT2D eigenvalue weighted by molar-refractivity contribution is 9.10. The number of rotatable bonds is 1. The number of hydrogen-bond donors (Lipinski definition) is 0. The lowest BCUT2D eigenvalue weighted by molar-refractivity contribution is 1.22. The zero-order chi connectivity index (χ0) is 8.27. The first kappa shape index (κ1) is 8.29. The highest BCUT2D eigenvalue weighted by atomic mass is 79.9. The maximum atomic E-state index is 6.71. The van der Waals surface area contributed by atoms with E-state index in [1.807, 2.05) is 25.1 Å². The summed E-state index contributed by atoms with van der Waals surface area (Å²) in [6.45, 7) is 9.20. The summed E-state index contributed by atoms with van der Waals surface area (Å²) in [5.41, 5.74) is 2.27. The predicted octanol–water partition coefficient (Wildman–Crippen LogP) is 3.18. The Balaban J connectivity index is 3.05. The molecule has 0 aliphatic rings. The fourth-order valence-corrected chi connectivity index (χ4v) is 1.28. The quantitative estimate of drug-likeness (QED) is 0.627. The Kier molecular flexibility index (Phi) is 2.67. The Bertz CT molecular complexity index is 299. The zero-order valence-corrected chi connectivity index (χ0v) is 7.85. The van der Waals surface area contributed by atoms with Crippen LogP contribution in [0, 0.1) is 13.5 Å². The first-order valence-electron chi connectivity index (χ1n) is 3.32. The Morgan fingerprint density at radius 1 is 1.55 bits per heavy atom. The summed E-state index contributed by atoms with van der Waals surface area (Å²) in [5, 5.41) is 0. The SMILES string of the molecule is [C-]#[N+]Cc1cc(C)ccc1Br. The van der Waals surface area contributed by atoms with Gasteiger partial charge in [-0.1, -0.05) is 27.6 Å². The number of nitrogens with zero attached hydrogens (tertiary/aromatic N) is 1. The Hall–Kier alpha value is -0.810. The number of halogens is 1. The smallest absolute Gasteiger partial charge is 0.240 e. The van der Waals surface area contributed by atoms with Gasteiger partial charge in [-0.05, 0) is 19.1 Å². The summed E-state index contributed by atoms with van der Waals surface area (Å²) in [6.07, 6.45) is 0. The second kappa shape index (κ2) is 3.54. The summed E-state index contributed by atoms with van der Waals surface area (Å²) in [5.74, 6) is 0. The molecule has 0 heterocycles. The van der Waals surface area contributed by atoms with Crippen LogP contribution in [0.2, 0.25) is 0 Å². The van der Waals surface area contributed by atoms with Crippen molar-refractivity contribution in [3.05, 3.63) is 45.2 Å². The molecule has 0 saturated heterocycles. The van der Waals surface area contributed by atoms with Crippen LogP contribution in [0.5, 0.6) is 0 Å². The van der Waals surface area contributed by atoms with E-state index in [0.717, 1.165) is 10.0 Å². The van der Waals surface area contributed by atoms with Crippen molar-refractivity contribution in [2.45, 2.75) is 13.5 Å². The van der Waals surface area contributed by atoms with E-state index in [9.17, 15) is 0 Å². The minimum atomic E-state index is 0.461. The van der Waals surface area contributed by atoms with Crippen LogP contribution in [0.4, 0.5) is 0 Å². The molecule has 2 heteroatoms. The molecule has 0 aromatic heterocycles. The van der Waals surface area contributed by atoms with Crippen LogP contribution >= 0.6 is 15.9 Å². The second-order valence-electron chi connectivity index (χ2n) is 2.41. The van der Waals surface area contributed by atoms with Crippen LogP contribution < -0.4 is 0 Å². The van der Waals surface area contributed by atoms with Crippen LogP contribution in [-0.2, 0) is 6.54 Å². The van der Waals surface area contributed by atoms with Crippen LogP contribution in [0.1, 0.15) is 11.1 Å². The maximum Gasteiger partial charge on any atom is 0.240 e. The molecule has 0 bridgehead atoms. The molecule has 1 aromatic rings. The van der Waals surface area contributed by atoms with E-state index in [2.05, 4.69) is 20.8 Å². The predicted molar refractivity (Wildman–Crippen MR) is 49.2 cm³/mol. The normalized spacial score (nSPS) is 9.18. The van der Waals surface area contributed by atoms with E-state index in [4.69, 9.17) is 6.57 Å². The van der Waals surface area contributed by atoms with Gasteiger partial charge in [0.1, 0.15) is 0 Å². The Morgan fingerprint density at radius 3 is 2.91 bits per heavy atom. The summed E-state index contributed by atoms with van der Waals surface area (Å²) in [7, 11) is 0. The molecule has 0 aliphatic heterocycles. The summed E-state index contributed by atoms with van der Waals surface area (Å²) in [4.78, 5) is 3.33. The molecule has 0 unspecified atom stereocenters. The summed E-state index contributed by atoms with van der Waals surface area (Å²) in [6, 6.07) is 6.04. The van der Waals surface area contributed by atoms with Crippen LogP contribution in [-0.4, -0.2) is 0 Å². The lowest BCUT2D eigenvalue weighted by Gasteiger charge is -1.97. The van der Waals surface area contributed by atoms with Gasteiger partial charge in [0.25, 0.3) is 0 Å². The van der Waals surface area contributed by atoms with E-state index < -0.39 is 0 Å². The van der Waals surface area contributed by atoms with Crippen LogP contribution in [0.3, 0.4) is 0 Å². The third-order valence-electron chi connectivity index (χ3n) is 1.45. The van der Waals surface area contributed by atoms with Gasteiger partial charge >= 0.3 is 0 Å². The Labute approximate surface area is 75.0 Å². The monoisotopic (exact) mass is 209 g/mol. The second-order valence-corrected chi connectivity index (χ2v) is 3.27. The molecule has 0 spiro atoms. The number of benzene rings is 1. The van der Waals surface area contributed by atoms with Gasteiger partial charge in [0.2, 0.25) is 6.54 Å². The van der Waals surface area contributed by atoms with Crippen molar-refractivity contribution < 1.29 is 0 Å². The first-order chi connectivity index (χ1) is 5.24. The molecule has 1 aromatic carbocycles. The molecule has 0 radical (unpaired) electrons. The van der Waals surface area contributed by atoms with Crippen molar-refractivity contribution in [1.82, 2.24) is 0 Å².